The molecule has 0 amide bonds. The summed E-state index contributed by atoms with van der Waals surface area (Å²) in [5.74, 6) is 0. The van der Waals surface area contributed by atoms with Crippen molar-refractivity contribution >= 4 is 11.4 Å². The minimum atomic E-state index is 0.721. The van der Waals surface area contributed by atoms with Crippen LogP contribution in [-0.4, -0.2) is 38.8 Å². The van der Waals surface area contributed by atoms with Crippen LogP contribution in [0.3, 0.4) is 0 Å². The molecule has 0 spiro atoms. The van der Waals surface area contributed by atoms with Crippen molar-refractivity contribution in [2.24, 2.45) is 0 Å². The zero-order valence-electron chi connectivity index (χ0n) is 13.4. The van der Waals surface area contributed by atoms with Gasteiger partial charge in [-0.25, -0.2) is 0 Å². The van der Waals surface area contributed by atoms with Crippen molar-refractivity contribution in [1.29, 1.82) is 0 Å². The highest BCUT2D eigenvalue weighted by molar-refractivity contribution is 5.56. The van der Waals surface area contributed by atoms with E-state index in [1.807, 2.05) is 0 Å². The molecule has 0 radical (unpaired) electrons. The second-order valence-electron chi connectivity index (χ2n) is 6.38. The van der Waals surface area contributed by atoms with E-state index in [0.717, 1.165) is 12.6 Å². The van der Waals surface area contributed by atoms with E-state index in [-0.39, 0.29) is 0 Å². The number of nitrogens with one attached hydrogen (secondary N) is 1. The second-order valence-corrected chi connectivity index (χ2v) is 6.38. The van der Waals surface area contributed by atoms with Gasteiger partial charge in [0.2, 0.25) is 0 Å². The predicted octanol–water partition coefficient (Wildman–Crippen LogP) is 3.26. The molecule has 1 N–H and O–H groups in total. The van der Waals surface area contributed by atoms with E-state index in [1.165, 1.54) is 69.7 Å². The van der Waals surface area contributed by atoms with E-state index in [4.69, 9.17) is 0 Å². The number of benzene rings is 1. The third-order valence-corrected chi connectivity index (χ3v) is 4.92. The van der Waals surface area contributed by atoms with Gasteiger partial charge in [0.15, 0.2) is 0 Å². The van der Waals surface area contributed by atoms with Gasteiger partial charge in [0.05, 0.1) is 0 Å². The van der Waals surface area contributed by atoms with Crippen LogP contribution in [0.1, 0.15) is 39.0 Å². The van der Waals surface area contributed by atoms with E-state index in [2.05, 4.69) is 46.3 Å². The minimum Gasteiger partial charge on any atom is -0.372 e. The lowest BCUT2D eigenvalue weighted by Crippen LogP contribution is -2.42. The van der Waals surface area contributed by atoms with Gasteiger partial charge in [0.1, 0.15) is 0 Å². The average molecular weight is 287 g/mol. The Balaban J connectivity index is 1.57. The summed E-state index contributed by atoms with van der Waals surface area (Å²) in [4.78, 5) is 5.07. The maximum Gasteiger partial charge on any atom is 0.0367 e. The van der Waals surface area contributed by atoms with Crippen molar-refractivity contribution in [3.05, 3.63) is 24.3 Å². The third kappa shape index (κ3) is 3.70. The summed E-state index contributed by atoms with van der Waals surface area (Å²) in [5.41, 5.74) is 2.80. The molecule has 2 aliphatic rings. The number of piperidine rings is 2. The second kappa shape index (κ2) is 7.17. The Labute approximate surface area is 129 Å². The van der Waals surface area contributed by atoms with Crippen LogP contribution in [0.15, 0.2) is 24.3 Å². The fourth-order valence-corrected chi connectivity index (χ4v) is 3.66. The van der Waals surface area contributed by atoms with Crippen LogP contribution in [0.2, 0.25) is 0 Å². The lowest BCUT2D eigenvalue weighted by Gasteiger charge is -2.34. The lowest BCUT2D eigenvalue weighted by atomic mass is 10.0. The van der Waals surface area contributed by atoms with Gasteiger partial charge >= 0.3 is 0 Å². The molecule has 2 heterocycles. The summed E-state index contributed by atoms with van der Waals surface area (Å²) in [6.07, 6.45) is 6.62. The zero-order valence-corrected chi connectivity index (χ0v) is 13.4. The van der Waals surface area contributed by atoms with Crippen LogP contribution in [-0.2, 0) is 0 Å². The van der Waals surface area contributed by atoms with E-state index in [1.54, 1.807) is 0 Å². The summed E-state index contributed by atoms with van der Waals surface area (Å²) in [6, 6.07) is 9.99. The standard InChI is InChI=1S/C18H29N3/c1-2-19-16-10-14-21(15-11-16)18-8-6-17(7-9-18)20-12-4-3-5-13-20/h6-9,16,19H,2-5,10-15H2,1H3. The Morgan fingerprint density at radius 3 is 1.90 bits per heavy atom. The van der Waals surface area contributed by atoms with Gasteiger partial charge in [-0.15, -0.1) is 0 Å². The van der Waals surface area contributed by atoms with Crippen molar-refractivity contribution in [3.63, 3.8) is 0 Å². The SMILES string of the molecule is CCNC1CCN(c2ccc(N3CCCCC3)cc2)CC1. The van der Waals surface area contributed by atoms with E-state index >= 15 is 0 Å². The quantitative estimate of drug-likeness (QED) is 0.917. The Kier molecular flexibility index (Phi) is 5.02. The number of nitrogens with zero attached hydrogens (tertiary/aromatic N) is 2. The molecule has 0 atom stereocenters. The topological polar surface area (TPSA) is 18.5 Å². The molecule has 0 unspecified atom stereocenters. The van der Waals surface area contributed by atoms with Gasteiger partial charge in [-0.3, -0.25) is 0 Å². The molecule has 3 heteroatoms. The normalized spacial score (nSPS) is 20.8. The van der Waals surface area contributed by atoms with Crippen molar-refractivity contribution in [2.45, 2.75) is 45.1 Å². The van der Waals surface area contributed by atoms with Gasteiger partial charge < -0.3 is 15.1 Å². The molecule has 0 bridgehead atoms. The third-order valence-electron chi connectivity index (χ3n) is 4.92. The highest BCUT2D eigenvalue weighted by atomic mass is 15.2. The Morgan fingerprint density at radius 1 is 0.857 bits per heavy atom. The molecule has 1 aromatic carbocycles. The summed E-state index contributed by atoms with van der Waals surface area (Å²) in [5, 5.41) is 3.58. The van der Waals surface area contributed by atoms with E-state index in [9.17, 15) is 0 Å². The molecular weight excluding hydrogens is 258 g/mol. The van der Waals surface area contributed by atoms with Crippen LogP contribution in [0, 0.1) is 0 Å². The van der Waals surface area contributed by atoms with Crippen LogP contribution in [0.4, 0.5) is 11.4 Å². The maximum atomic E-state index is 3.58. The van der Waals surface area contributed by atoms with Crippen LogP contribution < -0.4 is 15.1 Å². The molecule has 2 fully saturated rings. The summed E-state index contributed by atoms with van der Waals surface area (Å²) >= 11 is 0. The Bertz CT molecular complexity index is 415. The monoisotopic (exact) mass is 287 g/mol. The summed E-state index contributed by atoms with van der Waals surface area (Å²) in [6.45, 7) is 8.11. The van der Waals surface area contributed by atoms with Crippen LogP contribution >= 0.6 is 0 Å². The van der Waals surface area contributed by atoms with Crippen LogP contribution in [0.25, 0.3) is 0 Å². The van der Waals surface area contributed by atoms with Gasteiger partial charge in [-0.1, -0.05) is 6.92 Å². The van der Waals surface area contributed by atoms with Crippen molar-refractivity contribution in [2.75, 3.05) is 42.5 Å². The Hall–Kier alpha value is -1.22. The average Bonchev–Trinajstić information content (AvgIpc) is 2.57. The fourth-order valence-electron chi connectivity index (χ4n) is 3.66. The van der Waals surface area contributed by atoms with E-state index < -0.39 is 0 Å². The van der Waals surface area contributed by atoms with Gasteiger partial charge in [0, 0.05) is 43.6 Å². The van der Waals surface area contributed by atoms with Crippen LogP contribution in [0.5, 0.6) is 0 Å². The molecule has 3 rings (SSSR count). The molecule has 2 saturated heterocycles. The molecular formula is C18H29N3. The molecule has 3 nitrogen and oxygen atoms in total. The number of hydrogen-bond acceptors (Lipinski definition) is 3. The first-order valence-electron chi connectivity index (χ1n) is 8.70. The molecule has 0 aromatic heterocycles. The number of hydrogen-bond donors (Lipinski definition) is 1. The Morgan fingerprint density at radius 2 is 1.38 bits per heavy atom. The first kappa shape index (κ1) is 14.7. The highest BCUT2D eigenvalue weighted by Crippen LogP contribution is 2.25. The first-order chi connectivity index (χ1) is 10.4. The fraction of sp³-hybridized carbons (Fsp3) is 0.667. The first-order valence-corrected chi connectivity index (χ1v) is 8.70. The van der Waals surface area contributed by atoms with Gasteiger partial charge in [-0.05, 0) is 62.9 Å². The molecule has 2 aliphatic heterocycles. The molecule has 21 heavy (non-hydrogen) atoms. The lowest BCUT2D eigenvalue weighted by molar-refractivity contribution is 0.424. The predicted molar refractivity (Wildman–Crippen MR) is 91.4 cm³/mol. The molecule has 0 aliphatic carbocycles. The number of rotatable bonds is 4. The highest BCUT2D eigenvalue weighted by Gasteiger charge is 2.18. The van der Waals surface area contributed by atoms with E-state index in [0.29, 0.717) is 0 Å². The largest absolute Gasteiger partial charge is 0.372 e. The van der Waals surface area contributed by atoms with Crippen molar-refractivity contribution in [1.82, 2.24) is 5.32 Å². The summed E-state index contributed by atoms with van der Waals surface area (Å²) < 4.78 is 0. The van der Waals surface area contributed by atoms with Crippen molar-refractivity contribution in [3.8, 4) is 0 Å². The number of anilines is 2. The molecule has 116 valence electrons. The summed E-state index contributed by atoms with van der Waals surface area (Å²) in [7, 11) is 0. The van der Waals surface area contributed by atoms with Gasteiger partial charge in [0.25, 0.3) is 0 Å². The maximum absolute atomic E-state index is 3.58. The zero-order chi connectivity index (χ0) is 14.5. The molecule has 1 aromatic rings. The smallest absolute Gasteiger partial charge is 0.0367 e. The minimum absolute atomic E-state index is 0.721. The molecule has 0 saturated carbocycles. The van der Waals surface area contributed by atoms with Gasteiger partial charge in [-0.2, -0.15) is 0 Å². The van der Waals surface area contributed by atoms with Crippen molar-refractivity contribution < 1.29 is 0 Å².